The number of benzene rings is 8. The summed E-state index contributed by atoms with van der Waals surface area (Å²) in [6.07, 6.45) is 7.55. The first-order valence-electron chi connectivity index (χ1n) is 20.2. The number of hydrogen-bond acceptors (Lipinski definition) is 4. The van der Waals surface area contributed by atoms with Gasteiger partial charge in [-0.05, 0) is 78.0 Å². The highest BCUT2D eigenvalue weighted by Gasteiger charge is 2.18. The second kappa shape index (κ2) is 15.0. The van der Waals surface area contributed by atoms with Crippen LogP contribution in [0.1, 0.15) is 0 Å². The molecule has 0 aliphatic rings. The van der Waals surface area contributed by atoms with E-state index in [2.05, 4.69) is 192 Å². The summed E-state index contributed by atoms with van der Waals surface area (Å²) in [6, 6.07) is 68.7. The molecule has 0 saturated carbocycles. The van der Waals surface area contributed by atoms with Gasteiger partial charge in [0.05, 0.1) is 11.4 Å². The molecule has 0 amide bonds. The quantitative estimate of drug-likeness (QED) is 0.152. The molecule has 11 aromatic rings. The Morgan fingerprint density at radius 1 is 0.283 bits per heavy atom. The van der Waals surface area contributed by atoms with Gasteiger partial charge in [0.15, 0.2) is 5.82 Å². The zero-order valence-electron chi connectivity index (χ0n) is 32.6. The molecule has 0 saturated heterocycles. The van der Waals surface area contributed by atoms with Gasteiger partial charge in [-0.2, -0.15) is 0 Å². The van der Waals surface area contributed by atoms with E-state index in [4.69, 9.17) is 9.97 Å². The van der Waals surface area contributed by atoms with Crippen LogP contribution in [0.5, 0.6) is 0 Å². The smallest absolute Gasteiger partial charge is 0.160 e. The summed E-state index contributed by atoms with van der Waals surface area (Å²) >= 11 is 0. The lowest BCUT2D eigenvalue weighted by Crippen LogP contribution is -1.96. The third kappa shape index (κ3) is 6.37. The van der Waals surface area contributed by atoms with Gasteiger partial charge in [0.2, 0.25) is 0 Å². The molecule has 0 fully saturated rings. The van der Waals surface area contributed by atoms with E-state index in [1.54, 1.807) is 6.20 Å². The summed E-state index contributed by atoms with van der Waals surface area (Å²) in [4.78, 5) is 19.3. The van der Waals surface area contributed by atoms with Crippen LogP contribution in [-0.4, -0.2) is 19.9 Å². The molecular formula is C56H36N4. The number of rotatable bonds is 7. The molecule has 0 spiro atoms. The standard InChI is InChI=1S/C56H36N4/c1-2-11-41(12-3-1)54-47-16-6-8-18-49(47)55(50-19-9-7-17-48(50)54)42-28-30-43(31-29-42)56-59-52(39-24-20-37(21-25-39)44-14-10-32-57-34-44)33-53(60-56)40-26-22-38(23-27-40)51-36-58-35-45-13-4-5-15-46(45)51/h1-36H. The van der Waals surface area contributed by atoms with Crippen molar-refractivity contribution in [3.8, 4) is 78.4 Å². The van der Waals surface area contributed by atoms with E-state index in [0.29, 0.717) is 5.82 Å². The maximum atomic E-state index is 5.23. The minimum atomic E-state index is 0.668. The third-order valence-electron chi connectivity index (χ3n) is 11.5. The van der Waals surface area contributed by atoms with Crippen LogP contribution in [0.3, 0.4) is 0 Å². The molecule has 0 N–H and O–H groups in total. The van der Waals surface area contributed by atoms with Gasteiger partial charge in [-0.1, -0.05) is 182 Å². The molecule has 0 aliphatic carbocycles. The van der Waals surface area contributed by atoms with Crippen molar-refractivity contribution in [3.05, 3.63) is 219 Å². The van der Waals surface area contributed by atoms with Crippen LogP contribution in [0.4, 0.5) is 0 Å². The SMILES string of the molecule is c1ccc(-c2c3ccccc3c(-c3ccc(-c4nc(-c5ccc(-c6cccnc6)cc5)cc(-c5ccc(-c6cncc7ccccc67)cc5)n4)cc3)c3ccccc23)cc1. The molecule has 280 valence electrons. The monoisotopic (exact) mass is 764 g/mol. The first-order valence-corrected chi connectivity index (χ1v) is 20.2. The summed E-state index contributed by atoms with van der Waals surface area (Å²) < 4.78 is 0. The second-order valence-corrected chi connectivity index (χ2v) is 15.1. The minimum Gasteiger partial charge on any atom is -0.264 e. The molecule has 4 heteroatoms. The summed E-state index contributed by atoms with van der Waals surface area (Å²) in [5, 5.41) is 7.22. The summed E-state index contributed by atoms with van der Waals surface area (Å²) in [5.41, 5.74) is 13.9. The van der Waals surface area contributed by atoms with E-state index in [-0.39, 0.29) is 0 Å². The van der Waals surface area contributed by atoms with E-state index in [1.807, 2.05) is 30.7 Å². The number of aromatic nitrogens is 4. The first-order chi connectivity index (χ1) is 29.7. The largest absolute Gasteiger partial charge is 0.264 e. The lowest BCUT2D eigenvalue weighted by Gasteiger charge is -2.18. The van der Waals surface area contributed by atoms with Gasteiger partial charge in [0.1, 0.15) is 0 Å². The maximum Gasteiger partial charge on any atom is 0.160 e. The second-order valence-electron chi connectivity index (χ2n) is 15.1. The Morgan fingerprint density at radius 3 is 1.33 bits per heavy atom. The van der Waals surface area contributed by atoms with Crippen molar-refractivity contribution >= 4 is 32.3 Å². The van der Waals surface area contributed by atoms with Crippen molar-refractivity contribution in [2.75, 3.05) is 0 Å². The molecule has 0 aliphatic heterocycles. The van der Waals surface area contributed by atoms with E-state index in [1.165, 1.54) is 43.6 Å². The Balaban J connectivity index is 1.02. The van der Waals surface area contributed by atoms with Gasteiger partial charge in [-0.3, -0.25) is 9.97 Å². The fourth-order valence-electron chi connectivity index (χ4n) is 8.55. The molecule has 0 atom stereocenters. The topological polar surface area (TPSA) is 51.6 Å². The van der Waals surface area contributed by atoms with E-state index in [9.17, 15) is 0 Å². The van der Waals surface area contributed by atoms with Gasteiger partial charge in [0, 0.05) is 52.4 Å². The molecule has 0 radical (unpaired) electrons. The predicted molar refractivity (Wildman–Crippen MR) is 248 cm³/mol. The average molecular weight is 765 g/mol. The predicted octanol–water partition coefficient (Wildman–Crippen LogP) is 14.4. The molecule has 60 heavy (non-hydrogen) atoms. The molecule has 0 unspecified atom stereocenters. The number of fused-ring (bicyclic) bond motifs is 3. The molecule has 3 heterocycles. The van der Waals surface area contributed by atoms with Crippen molar-refractivity contribution < 1.29 is 0 Å². The fraction of sp³-hybridized carbons (Fsp3) is 0. The van der Waals surface area contributed by atoms with Crippen LogP contribution < -0.4 is 0 Å². The zero-order valence-corrected chi connectivity index (χ0v) is 32.6. The van der Waals surface area contributed by atoms with Crippen molar-refractivity contribution in [3.63, 3.8) is 0 Å². The fourth-order valence-corrected chi connectivity index (χ4v) is 8.55. The summed E-state index contributed by atoms with van der Waals surface area (Å²) in [6.45, 7) is 0. The van der Waals surface area contributed by atoms with Crippen LogP contribution in [0, 0.1) is 0 Å². The highest BCUT2D eigenvalue weighted by molar-refractivity contribution is 6.21. The summed E-state index contributed by atoms with van der Waals surface area (Å²) in [5.74, 6) is 0.668. The van der Waals surface area contributed by atoms with Crippen LogP contribution in [-0.2, 0) is 0 Å². The minimum absolute atomic E-state index is 0.668. The molecule has 11 rings (SSSR count). The van der Waals surface area contributed by atoms with Crippen LogP contribution in [0.15, 0.2) is 219 Å². The Kier molecular flexibility index (Phi) is 8.79. The Labute approximate surface area is 348 Å². The maximum absolute atomic E-state index is 5.23. The Bertz CT molecular complexity index is 3260. The molecule has 4 nitrogen and oxygen atoms in total. The van der Waals surface area contributed by atoms with Crippen molar-refractivity contribution in [2.24, 2.45) is 0 Å². The van der Waals surface area contributed by atoms with Gasteiger partial charge < -0.3 is 0 Å². The van der Waals surface area contributed by atoms with Gasteiger partial charge >= 0.3 is 0 Å². The zero-order chi connectivity index (χ0) is 39.8. The van der Waals surface area contributed by atoms with Crippen molar-refractivity contribution in [2.45, 2.75) is 0 Å². The number of nitrogens with zero attached hydrogens (tertiary/aromatic N) is 4. The Hall–Kier alpha value is -8.08. The third-order valence-corrected chi connectivity index (χ3v) is 11.5. The van der Waals surface area contributed by atoms with E-state index in [0.717, 1.165) is 61.3 Å². The van der Waals surface area contributed by atoms with Crippen LogP contribution >= 0.6 is 0 Å². The highest BCUT2D eigenvalue weighted by atomic mass is 14.9. The lowest BCUT2D eigenvalue weighted by molar-refractivity contribution is 1.18. The highest BCUT2D eigenvalue weighted by Crippen LogP contribution is 2.44. The lowest BCUT2D eigenvalue weighted by atomic mass is 9.86. The first kappa shape index (κ1) is 35.1. The molecule has 8 aromatic carbocycles. The van der Waals surface area contributed by atoms with Gasteiger partial charge in [-0.25, -0.2) is 9.97 Å². The van der Waals surface area contributed by atoms with Crippen molar-refractivity contribution in [1.29, 1.82) is 0 Å². The number of hydrogen-bond donors (Lipinski definition) is 0. The summed E-state index contributed by atoms with van der Waals surface area (Å²) in [7, 11) is 0. The van der Waals surface area contributed by atoms with Gasteiger partial charge in [0.25, 0.3) is 0 Å². The molecular weight excluding hydrogens is 729 g/mol. The van der Waals surface area contributed by atoms with Gasteiger partial charge in [-0.15, -0.1) is 0 Å². The van der Waals surface area contributed by atoms with Crippen LogP contribution in [0.25, 0.3) is 111 Å². The van der Waals surface area contributed by atoms with E-state index >= 15 is 0 Å². The van der Waals surface area contributed by atoms with Crippen molar-refractivity contribution in [1.82, 2.24) is 19.9 Å². The van der Waals surface area contributed by atoms with E-state index < -0.39 is 0 Å². The average Bonchev–Trinajstić information content (AvgIpc) is 3.33. The normalized spacial score (nSPS) is 11.3. The number of pyridine rings is 2. The van der Waals surface area contributed by atoms with Crippen LogP contribution in [0.2, 0.25) is 0 Å². The molecule has 3 aromatic heterocycles. The Morgan fingerprint density at radius 2 is 0.750 bits per heavy atom. The molecule has 0 bridgehead atoms.